The van der Waals surface area contributed by atoms with Crippen molar-refractivity contribution in [2.45, 2.75) is 0 Å². The maximum Gasteiger partial charge on any atom is 0.384 e. The van der Waals surface area contributed by atoms with Gasteiger partial charge in [0, 0.05) is 0 Å². The molecule has 0 aromatic rings. The molecule has 0 aliphatic carbocycles. The van der Waals surface area contributed by atoms with E-state index in [1.165, 1.54) is 0 Å². The van der Waals surface area contributed by atoms with Gasteiger partial charge in [0.15, 0.2) is 0 Å². The summed E-state index contributed by atoms with van der Waals surface area (Å²) in [6.45, 7) is 0. The predicted molar refractivity (Wildman–Crippen MR) is 61.8 cm³/mol. The minimum Gasteiger partial charge on any atom is -0.337 e. The van der Waals surface area contributed by atoms with E-state index in [4.69, 9.17) is 0 Å². The SMILES string of the molecule is CSB1N(C)B(SC)N(C)N1C. The van der Waals surface area contributed by atoms with Crippen LogP contribution in [-0.4, -0.2) is 60.7 Å². The maximum atomic E-state index is 2.37. The first-order valence-corrected chi connectivity index (χ1v) is 6.44. The third-order valence-corrected chi connectivity index (χ3v) is 4.37. The molecule has 1 saturated heterocycles. The highest BCUT2D eigenvalue weighted by Crippen LogP contribution is 2.25. The molecular weight excluding hydrogens is 188 g/mol. The van der Waals surface area contributed by atoms with Crippen LogP contribution in [0.25, 0.3) is 0 Å². The Morgan fingerprint density at radius 3 is 1.33 bits per heavy atom. The normalized spacial score (nSPS) is 22.8. The van der Waals surface area contributed by atoms with Crippen molar-refractivity contribution >= 4 is 35.7 Å². The summed E-state index contributed by atoms with van der Waals surface area (Å²) in [4.78, 5) is 4.54. The van der Waals surface area contributed by atoms with E-state index in [0.29, 0.717) is 12.5 Å². The molecule has 0 radical (unpaired) electrons. The standard InChI is InChI=1S/C5H15B2N3S2/c1-8-6(11-4)9(2)10(3)7(8)12-5/h1-5H3. The highest BCUT2D eigenvalue weighted by Gasteiger charge is 2.45. The largest absolute Gasteiger partial charge is 0.384 e. The lowest BCUT2D eigenvalue weighted by atomic mass is 9.98. The van der Waals surface area contributed by atoms with E-state index in [1.54, 1.807) is 0 Å². The molecule has 0 amide bonds. The first-order valence-electron chi connectivity index (χ1n) is 3.86. The van der Waals surface area contributed by atoms with Gasteiger partial charge < -0.3 is 4.72 Å². The van der Waals surface area contributed by atoms with Crippen molar-refractivity contribution in [3.8, 4) is 0 Å². The van der Waals surface area contributed by atoms with Crippen LogP contribution in [0.5, 0.6) is 0 Å². The van der Waals surface area contributed by atoms with E-state index in [1.807, 2.05) is 23.2 Å². The minimum absolute atomic E-state index is 0.479. The molecule has 1 rings (SSSR count). The molecule has 0 aromatic carbocycles. The van der Waals surface area contributed by atoms with Crippen molar-refractivity contribution in [1.29, 1.82) is 0 Å². The van der Waals surface area contributed by atoms with Crippen LogP contribution >= 0.6 is 23.2 Å². The zero-order chi connectivity index (χ0) is 9.30. The highest BCUT2D eigenvalue weighted by atomic mass is 32.2. The molecule has 0 spiro atoms. The Labute approximate surface area is 84.2 Å². The quantitative estimate of drug-likeness (QED) is 0.599. The number of rotatable bonds is 2. The third-order valence-electron chi connectivity index (χ3n) is 2.26. The van der Waals surface area contributed by atoms with Crippen molar-refractivity contribution in [1.82, 2.24) is 14.6 Å². The fourth-order valence-corrected chi connectivity index (χ4v) is 3.47. The second kappa shape index (κ2) is 4.28. The van der Waals surface area contributed by atoms with E-state index in [0.717, 1.165) is 0 Å². The summed E-state index contributed by atoms with van der Waals surface area (Å²) >= 11 is 3.74. The van der Waals surface area contributed by atoms with Crippen LogP contribution in [-0.2, 0) is 0 Å². The molecule has 1 fully saturated rings. The Kier molecular flexibility index (Phi) is 3.85. The van der Waals surface area contributed by atoms with Gasteiger partial charge in [-0.25, -0.2) is 0 Å². The molecule has 0 bridgehead atoms. The van der Waals surface area contributed by atoms with Crippen molar-refractivity contribution in [3.05, 3.63) is 0 Å². The van der Waals surface area contributed by atoms with Gasteiger partial charge in [-0.2, -0.15) is 23.2 Å². The van der Waals surface area contributed by atoms with Gasteiger partial charge in [0.2, 0.25) is 0 Å². The second-order valence-electron chi connectivity index (χ2n) is 2.94. The van der Waals surface area contributed by atoms with Crippen LogP contribution in [0.2, 0.25) is 0 Å². The lowest BCUT2D eigenvalue weighted by molar-refractivity contribution is 0.253. The van der Waals surface area contributed by atoms with Crippen molar-refractivity contribution in [2.24, 2.45) is 0 Å². The van der Waals surface area contributed by atoms with Gasteiger partial charge in [0.1, 0.15) is 0 Å². The van der Waals surface area contributed by atoms with Gasteiger partial charge in [-0.15, -0.1) is 0 Å². The van der Waals surface area contributed by atoms with Crippen LogP contribution in [0.15, 0.2) is 0 Å². The number of hydrogen-bond donors (Lipinski definition) is 0. The van der Waals surface area contributed by atoms with E-state index in [2.05, 4.69) is 48.2 Å². The summed E-state index contributed by atoms with van der Waals surface area (Å²) < 4.78 is 2.37. The van der Waals surface area contributed by atoms with Gasteiger partial charge >= 0.3 is 12.5 Å². The summed E-state index contributed by atoms with van der Waals surface area (Å²) in [6.07, 6.45) is 5.25. The summed E-state index contributed by atoms with van der Waals surface area (Å²) in [5.41, 5.74) is 0. The number of nitrogens with zero attached hydrogens (tertiary/aromatic N) is 3. The first-order chi connectivity index (χ1) is 5.63. The van der Waals surface area contributed by atoms with Gasteiger partial charge in [0.25, 0.3) is 0 Å². The van der Waals surface area contributed by atoms with Gasteiger partial charge in [0.05, 0.1) is 0 Å². The molecule has 12 heavy (non-hydrogen) atoms. The van der Waals surface area contributed by atoms with Gasteiger partial charge in [-0.05, 0) is 33.7 Å². The lowest BCUT2D eigenvalue weighted by Crippen LogP contribution is -2.39. The maximum absolute atomic E-state index is 2.37. The fraction of sp³-hybridized carbons (Fsp3) is 1.00. The molecule has 0 unspecified atom stereocenters. The summed E-state index contributed by atoms with van der Waals surface area (Å²) in [5.74, 6) is 0. The second-order valence-corrected chi connectivity index (χ2v) is 4.72. The van der Waals surface area contributed by atoms with Crippen LogP contribution in [0.3, 0.4) is 0 Å². The fourth-order valence-electron chi connectivity index (χ4n) is 1.59. The van der Waals surface area contributed by atoms with Crippen molar-refractivity contribution < 1.29 is 0 Å². The van der Waals surface area contributed by atoms with Crippen LogP contribution in [0.1, 0.15) is 0 Å². The number of hydrazine groups is 1. The monoisotopic (exact) mass is 203 g/mol. The molecule has 7 heteroatoms. The van der Waals surface area contributed by atoms with Crippen LogP contribution < -0.4 is 0 Å². The summed E-state index contributed by atoms with van der Waals surface area (Å²) in [5, 5.41) is 0. The summed E-state index contributed by atoms with van der Waals surface area (Å²) in [6, 6.07) is 0. The third kappa shape index (κ3) is 1.65. The Morgan fingerprint density at radius 2 is 1.17 bits per heavy atom. The molecule has 0 N–H and O–H groups in total. The van der Waals surface area contributed by atoms with Gasteiger partial charge in [-0.3, -0.25) is 9.84 Å². The smallest absolute Gasteiger partial charge is 0.337 e. The molecule has 3 nitrogen and oxygen atoms in total. The molecule has 0 saturated carbocycles. The molecule has 1 aliphatic rings. The molecule has 0 aromatic heterocycles. The first kappa shape index (κ1) is 10.8. The Morgan fingerprint density at radius 1 is 0.833 bits per heavy atom. The molecule has 0 atom stereocenters. The average molecular weight is 203 g/mol. The van der Waals surface area contributed by atoms with Crippen LogP contribution in [0, 0.1) is 0 Å². The zero-order valence-electron chi connectivity index (χ0n) is 8.31. The van der Waals surface area contributed by atoms with Gasteiger partial charge in [-0.1, -0.05) is 0 Å². The van der Waals surface area contributed by atoms with E-state index in [-0.39, 0.29) is 0 Å². The zero-order valence-corrected chi connectivity index (χ0v) is 9.95. The van der Waals surface area contributed by atoms with Crippen molar-refractivity contribution in [3.63, 3.8) is 0 Å². The molecular formula is C5H15B2N3S2. The molecule has 1 aliphatic heterocycles. The summed E-state index contributed by atoms with van der Waals surface area (Å²) in [7, 11) is 6.43. The highest BCUT2D eigenvalue weighted by molar-refractivity contribution is 8.27. The predicted octanol–water partition coefficient (Wildman–Crippen LogP) is 0.406. The average Bonchev–Trinajstić information content (AvgIpc) is 2.25. The van der Waals surface area contributed by atoms with E-state index in [9.17, 15) is 0 Å². The molecule has 68 valence electrons. The topological polar surface area (TPSA) is 9.72 Å². The lowest BCUT2D eigenvalue weighted by Gasteiger charge is -2.22. The number of hydrogen-bond acceptors (Lipinski definition) is 5. The van der Waals surface area contributed by atoms with Crippen LogP contribution in [0.4, 0.5) is 0 Å². The minimum atomic E-state index is 0.479. The van der Waals surface area contributed by atoms with Crippen molar-refractivity contribution in [2.75, 3.05) is 33.7 Å². The molecule has 1 heterocycles. The van der Waals surface area contributed by atoms with E-state index >= 15 is 0 Å². The Hall–Kier alpha value is 0.710. The Balaban J connectivity index is 2.71. The Bertz CT molecular complexity index is 146. The van der Waals surface area contributed by atoms with E-state index < -0.39 is 0 Å².